The number of thiocarbonyl (C=S) groups is 1. The molecule has 1 saturated heterocycles. The van der Waals surface area contributed by atoms with Gasteiger partial charge in [0, 0.05) is 47.6 Å². The zero-order chi connectivity index (χ0) is 24.1. The number of hydrogen-bond donors (Lipinski definition) is 1. The summed E-state index contributed by atoms with van der Waals surface area (Å²) in [7, 11) is 0. The number of benzene rings is 3. The minimum atomic E-state index is -0.226. The molecule has 1 heterocycles. The molecule has 176 valence electrons. The number of amides is 1. The van der Waals surface area contributed by atoms with Crippen molar-refractivity contribution in [2.24, 2.45) is 0 Å². The fourth-order valence-corrected chi connectivity index (χ4v) is 4.33. The van der Waals surface area contributed by atoms with Crippen LogP contribution in [-0.4, -0.2) is 48.6 Å². The minimum Gasteiger partial charge on any atom is -0.484 e. The van der Waals surface area contributed by atoms with Crippen LogP contribution in [0.1, 0.15) is 11.1 Å². The number of piperazine rings is 1. The summed E-state index contributed by atoms with van der Waals surface area (Å²) in [5, 5.41) is 2.84. The van der Waals surface area contributed by atoms with E-state index in [1.54, 1.807) is 0 Å². The van der Waals surface area contributed by atoms with Crippen molar-refractivity contribution in [1.82, 2.24) is 4.90 Å². The van der Waals surface area contributed by atoms with Crippen molar-refractivity contribution in [2.45, 2.75) is 6.92 Å². The molecular weight excluding hydrogens is 517 g/mol. The summed E-state index contributed by atoms with van der Waals surface area (Å²) in [5.74, 6) is 0.159. The SMILES string of the molecule is Cc1cc(NC(=O)COc2ccc(C(=S)N3CCN(c4ccc(F)cc4)CC3)cc2)ccc1Br. The fraction of sp³-hybridized carbons (Fsp3) is 0.231. The first-order valence-electron chi connectivity index (χ1n) is 11.0. The topological polar surface area (TPSA) is 44.8 Å². The van der Waals surface area contributed by atoms with Gasteiger partial charge in [-0.05, 0) is 79.2 Å². The summed E-state index contributed by atoms with van der Waals surface area (Å²) >= 11 is 9.15. The summed E-state index contributed by atoms with van der Waals surface area (Å²) in [6.07, 6.45) is 0. The maximum absolute atomic E-state index is 13.2. The molecule has 1 N–H and O–H groups in total. The molecule has 1 aliphatic heterocycles. The molecule has 0 aliphatic carbocycles. The molecule has 1 fully saturated rings. The molecule has 4 rings (SSSR count). The van der Waals surface area contributed by atoms with Crippen LogP contribution in [0.15, 0.2) is 71.2 Å². The Balaban J connectivity index is 1.26. The second-order valence-corrected chi connectivity index (χ2v) is 9.32. The molecule has 0 bridgehead atoms. The van der Waals surface area contributed by atoms with E-state index in [9.17, 15) is 9.18 Å². The molecule has 34 heavy (non-hydrogen) atoms. The highest BCUT2D eigenvalue weighted by molar-refractivity contribution is 9.10. The van der Waals surface area contributed by atoms with E-state index >= 15 is 0 Å². The van der Waals surface area contributed by atoms with Gasteiger partial charge >= 0.3 is 0 Å². The lowest BCUT2D eigenvalue weighted by atomic mass is 10.1. The summed E-state index contributed by atoms with van der Waals surface area (Å²) < 4.78 is 19.8. The monoisotopic (exact) mass is 541 g/mol. The van der Waals surface area contributed by atoms with Crippen molar-refractivity contribution in [1.29, 1.82) is 0 Å². The molecular formula is C26H25BrFN3O2S. The molecule has 3 aromatic rings. The van der Waals surface area contributed by atoms with Crippen molar-refractivity contribution in [2.75, 3.05) is 43.0 Å². The van der Waals surface area contributed by atoms with Crippen LogP contribution < -0.4 is 15.0 Å². The van der Waals surface area contributed by atoms with E-state index in [1.165, 1.54) is 12.1 Å². The van der Waals surface area contributed by atoms with Crippen molar-refractivity contribution in [3.05, 3.63) is 88.1 Å². The molecule has 1 amide bonds. The lowest BCUT2D eigenvalue weighted by molar-refractivity contribution is -0.118. The van der Waals surface area contributed by atoms with Gasteiger partial charge in [-0.3, -0.25) is 4.79 Å². The van der Waals surface area contributed by atoms with Crippen LogP contribution in [0.5, 0.6) is 5.75 Å². The molecule has 0 unspecified atom stereocenters. The molecule has 0 radical (unpaired) electrons. The highest BCUT2D eigenvalue weighted by Gasteiger charge is 2.20. The van der Waals surface area contributed by atoms with Crippen molar-refractivity contribution >= 4 is 50.4 Å². The van der Waals surface area contributed by atoms with Crippen LogP contribution in [0.2, 0.25) is 0 Å². The first-order valence-corrected chi connectivity index (χ1v) is 12.2. The Hall–Kier alpha value is -2.97. The van der Waals surface area contributed by atoms with Crippen molar-refractivity contribution < 1.29 is 13.9 Å². The lowest BCUT2D eigenvalue weighted by Crippen LogP contribution is -2.48. The Bertz CT molecular complexity index is 1160. The lowest BCUT2D eigenvalue weighted by Gasteiger charge is -2.37. The standard InChI is InChI=1S/C26H25BrFN3O2S/c1-18-16-21(6-11-24(18)27)29-25(32)17-33-23-9-2-19(3-10-23)26(34)31-14-12-30(13-15-31)22-7-4-20(28)5-8-22/h2-11,16H,12-15,17H2,1H3,(H,29,32). The van der Waals surface area contributed by atoms with Gasteiger partial charge in [0.2, 0.25) is 0 Å². The average molecular weight is 542 g/mol. The third-order valence-electron chi connectivity index (χ3n) is 5.67. The van der Waals surface area contributed by atoms with Gasteiger partial charge in [-0.15, -0.1) is 0 Å². The van der Waals surface area contributed by atoms with E-state index in [-0.39, 0.29) is 18.3 Å². The number of hydrogen-bond acceptors (Lipinski definition) is 4. The van der Waals surface area contributed by atoms with E-state index in [0.717, 1.165) is 58.1 Å². The Labute approximate surface area is 212 Å². The highest BCUT2D eigenvalue weighted by atomic mass is 79.9. The second kappa shape index (κ2) is 11.0. The fourth-order valence-electron chi connectivity index (χ4n) is 3.76. The third-order valence-corrected chi connectivity index (χ3v) is 7.06. The first kappa shape index (κ1) is 24.2. The normalized spacial score (nSPS) is 13.5. The summed E-state index contributed by atoms with van der Waals surface area (Å²) in [6, 6.07) is 19.7. The van der Waals surface area contributed by atoms with Crippen LogP contribution >= 0.6 is 28.1 Å². The molecule has 1 aliphatic rings. The number of nitrogens with one attached hydrogen (secondary N) is 1. The maximum atomic E-state index is 13.2. The van der Waals surface area contributed by atoms with E-state index in [0.29, 0.717) is 5.75 Å². The molecule has 0 atom stereocenters. The quantitative estimate of drug-likeness (QED) is 0.422. The molecule has 0 saturated carbocycles. The highest BCUT2D eigenvalue weighted by Crippen LogP contribution is 2.21. The van der Waals surface area contributed by atoms with Crippen LogP contribution in [-0.2, 0) is 4.79 Å². The Morgan fingerprint density at radius 3 is 2.35 bits per heavy atom. The summed E-state index contributed by atoms with van der Waals surface area (Å²) in [5.41, 5.74) is 3.73. The van der Waals surface area contributed by atoms with Crippen molar-refractivity contribution in [3.8, 4) is 5.75 Å². The number of ether oxygens (including phenoxy) is 1. The van der Waals surface area contributed by atoms with Gasteiger partial charge in [0.25, 0.3) is 5.91 Å². The van der Waals surface area contributed by atoms with Gasteiger partial charge in [-0.2, -0.15) is 0 Å². The smallest absolute Gasteiger partial charge is 0.262 e. The third kappa shape index (κ3) is 6.12. The number of nitrogens with zero attached hydrogens (tertiary/aromatic N) is 2. The maximum Gasteiger partial charge on any atom is 0.262 e. The summed E-state index contributed by atoms with van der Waals surface area (Å²) in [4.78, 5) is 17.4. The van der Waals surface area contributed by atoms with E-state index in [4.69, 9.17) is 17.0 Å². The number of anilines is 2. The molecule has 0 spiro atoms. The zero-order valence-electron chi connectivity index (χ0n) is 18.8. The van der Waals surface area contributed by atoms with E-state index in [2.05, 4.69) is 31.0 Å². The molecule has 5 nitrogen and oxygen atoms in total. The number of aryl methyl sites for hydroxylation is 1. The van der Waals surface area contributed by atoms with E-state index in [1.807, 2.05) is 61.5 Å². The average Bonchev–Trinajstić information content (AvgIpc) is 2.85. The van der Waals surface area contributed by atoms with Gasteiger partial charge in [0.1, 0.15) is 16.6 Å². The van der Waals surface area contributed by atoms with Gasteiger partial charge in [-0.25, -0.2) is 4.39 Å². The Morgan fingerprint density at radius 2 is 1.71 bits per heavy atom. The predicted octanol–water partition coefficient (Wildman–Crippen LogP) is 5.41. The first-order chi connectivity index (χ1) is 16.4. The van der Waals surface area contributed by atoms with Gasteiger partial charge < -0.3 is 19.9 Å². The summed E-state index contributed by atoms with van der Waals surface area (Å²) in [6.45, 7) is 5.12. The van der Waals surface area contributed by atoms with Crippen molar-refractivity contribution in [3.63, 3.8) is 0 Å². The molecule has 8 heteroatoms. The van der Waals surface area contributed by atoms with Crippen LogP contribution in [0.3, 0.4) is 0 Å². The number of carbonyl (C=O) groups is 1. The van der Waals surface area contributed by atoms with E-state index < -0.39 is 0 Å². The van der Waals surface area contributed by atoms with Crippen LogP contribution in [0, 0.1) is 12.7 Å². The zero-order valence-corrected chi connectivity index (χ0v) is 21.2. The Kier molecular flexibility index (Phi) is 7.80. The van der Waals surface area contributed by atoms with Crippen LogP contribution in [0.25, 0.3) is 0 Å². The number of rotatable bonds is 6. The van der Waals surface area contributed by atoms with Gasteiger partial charge in [0.05, 0.1) is 0 Å². The second-order valence-electron chi connectivity index (χ2n) is 8.08. The largest absolute Gasteiger partial charge is 0.484 e. The molecule has 0 aromatic heterocycles. The number of halogens is 2. The van der Waals surface area contributed by atoms with Gasteiger partial charge in [0.15, 0.2) is 6.61 Å². The van der Waals surface area contributed by atoms with Crippen LogP contribution in [0.4, 0.5) is 15.8 Å². The molecule has 3 aromatic carbocycles. The number of carbonyl (C=O) groups excluding carboxylic acids is 1. The Morgan fingerprint density at radius 1 is 1.03 bits per heavy atom. The predicted molar refractivity (Wildman–Crippen MR) is 141 cm³/mol. The minimum absolute atomic E-state index is 0.0791. The van der Waals surface area contributed by atoms with Gasteiger partial charge in [-0.1, -0.05) is 28.1 Å².